The summed E-state index contributed by atoms with van der Waals surface area (Å²) >= 11 is 0. The van der Waals surface area contributed by atoms with E-state index in [1.54, 1.807) is 0 Å². The second kappa shape index (κ2) is 4.74. The molecule has 17 heavy (non-hydrogen) atoms. The molecular formula is C12H20N4O. The molecule has 2 N–H and O–H groups in total. The molecule has 0 radical (unpaired) electrons. The first-order chi connectivity index (χ1) is 8.36. The van der Waals surface area contributed by atoms with Crippen LogP contribution in [0.2, 0.25) is 0 Å². The second-order valence-electron chi connectivity index (χ2n) is 5.15. The predicted molar refractivity (Wildman–Crippen MR) is 63.3 cm³/mol. The van der Waals surface area contributed by atoms with Gasteiger partial charge in [-0.1, -0.05) is 5.21 Å². The molecule has 1 saturated heterocycles. The van der Waals surface area contributed by atoms with Gasteiger partial charge in [0.25, 0.3) is 0 Å². The molecule has 0 amide bonds. The lowest BCUT2D eigenvalue weighted by atomic mass is 10.1. The van der Waals surface area contributed by atoms with Crippen LogP contribution >= 0.6 is 0 Å². The van der Waals surface area contributed by atoms with E-state index in [2.05, 4.69) is 10.3 Å². The highest BCUT2D eigenvalue weighted by atomic mass is 16.5. The van der Waals surface area contributed by atoms with Crippen LogP contribution in [0.3, 0.4) is 0 Å². The average Bonchev–Trinajstić information content (AvgIpc) is 2.87. The number of hydrogen-bond acceptors (Lipinski definition) is 4. The van der Waals surface area contributed by atoms with Crippen LogP contribution in [0, 0.1) is 5.92 Å². The first-order valence-corrected chi connectivity index (χ1v) is 6.59. The Hall–Kier alpha value is -0.940. The largest absolute Gasteiger partial charge is 0.376 e. The lowest BCUT2D eigenvalue weighted by molar-refractivity contribution is 0.0926. The van der Waals surface area contributed by atoms with Crippen LogP contribution in [0.5, 0.6) is 0 Å². The van der Waals surface area contributed by atoms with E-state index in [1.807, 2.05) is 4.68 Å². The molecule has 2 fully saturated rings. The van der Waals surface area contributed by atoms with Crippen LogP contribution in [-0.2, 0) is 24.2 Å². The standard InChI is InChI=1S/C12H20N4O/c13-7-11-12(6-9-3-4-9)16(15-14-11)8-10-2-1-5-17-10/h9-10H,1-8,13H2. The number of aromatic nitrogens is 3. The lowest BCUT2D eigenvalue weighted by Crippen LogP contribution is -2.18. The molecule has 2 aliphatic rings. The fraction of sp³-hybridized carbons (Fsp3) is 0.833. The number of nitrogens with two attached hydrogens (primary N) is 1. The van der Waals surface area contributed by atoms with Gasteiger partial charge in [0.15, 0.2) is 0 Å². The molecule has 0 aromatic carbocycles. The van der Waals surface area contributed by atoms with Crippen molar-refractivity contribution in [3.63, 3.8) is 0 Å². The zero-order valence-corrected chi connectivity index (χ0v) is 10.1. The van der Waals surface area contributed by atoms with Crippen molar-refractivity contribution in [1.29, 1.82) is 0 Å². The smallest absolute Gasteiger partial charge is 0.0994 e. The maximum Gasteiger partial charge on any atom is 0.0994 e. The maximum atomic E-state index is 5.72. The SMILES string of the molecule is NCc1nnn(CC2CCCO2)c1CC1CC1. The van der Waals surface area contributed by atoms with Gasteiger partial charge in [-0.15, -0.1) is 5.10 Å². The number of hydrogen-bond donors (Lipinski definition) is 1. The second-order valence-corrected chi connectivity index (χ2v) is 5.15. The molecule has 2 heterocycles. The van der Waals surface area contributed by atoms with Crippen molar-refractivity contribution < 1.29 is 4.74 Å². The number of rotatable bonds is 5. The molecule has 1 unspecified atom stereocenters. The van der Waals surface area contributed by atoms with Crippen molar-refractivity contribution in [3.05, 3.63) is 11.4 Å². The van der Waals surface area contributed by atoms with Crippen molar-refractivity contribution in [1.82, 2.24) is 15.0 Å². The summed E-state index contributed by atoms with van der Waals surface area (Å²) in [6, 6.07) is 0. The summed E-state index contributed by atoms with van der Waals surface area (Å²) in [5.41, 5.74) is 7.93. The Morgan fingerprint density at radius 2 is 2.24 bits per heavy atom. The molecule has 1 atom stereocenters. The molecule has 1 aliphatic carbocycles. The summed E-state index contributed by atoms with van der Waals surface area (Å²) in [4.78, 5) is 0. The Bertz CT molecular complexity index is 380. The van der Waals surface area contributed by atoms with Gasteiger partial charge in [-0.25, -0.2) is 4.68 Å². The van der Waals surface area contributed by atoms with Gasteiger partial charge in [-0.2, -0.15) is 0 Å². The van der Waals surface area contributed by atoms with Crippen molar-refractivity contribution in [2.45, 2.75) is 51.3 Å². The molecular weight excluding hydrogens is 216 g/mol. The van der Waals surface area contributed by atoms with Gasteiger partial charge in [0.2, 0.25) is 0 Å². The number of ether oxygens (including phenoxy) is 1. The van der Waals surface area contributed by atoms with E-state index in [0.717, 1.165) is 37.6 Å². The molecule has 94 valence electrons. The van der Waals surface area contributed by atoms with Gasteiger partial charge >= 0.3 is 0 Å². The van der Waals surface area contributed by atoms with Crippen LogP contribution in [0.1, 0.15) is 37.1 Å². The highest BCUT2D eigenvalue weighted by Crippen LogP contribution is 2.33. The van der Waals surface area contributed by atoms with Gasteiger partial charge in [0, 0.05) is 13.2 Å². The maximum absolute atomic E-state index is 5.72. The molecule has 1 saturated carbocycles. The van der Waals surface area contributed by atoms with Gasteiger partial charge in [0.1, 0.15) is 0 Å². The van der Waals surface area contributed by atoms with E-state index >= 15 is 0 Å². The van der Waals surface area contributed by atoms with Crippen LogP contribution in [0.15, 0.2) is 0 Å². The minimum absolute atomic E-state index is 0.320. The van der Waals surface area contributed by atoms with Crippen LogP contribution in [0.4, 0.5) is 0 Å². The van der Waals surface area contributed by atoms with E-state index in [-0.39, 0.29) is 0 Å². The fourth-order valence-electron chi connectivity index (χ4n) is 2.47. The lowest BCUT2D eigenvalue weighted by Gasteiger charge is -2.12. The highest BCUT2D eigenvalue weighted by molar-refractivity contribution is 5.12. The van der Waals surface area contributed by atoms with E-state index in [1.165, 1.54) is 25.0 Å². The topological polar surface area (TPSA) is 66.0 Å². The van der Waals surface area contributed by atoms with Crippen molar-refractivity contribution in [2.24, 2.45) is 11.7 Å². The summed E-state index contributed by atoms with van der Waals surface area (Å²) in [7, 11) is 0. The summed E-state index contributed by atoms with van der Waals surface area (Å²) in [6.45, 7) is 2.23. The molecule has 5 heteroatoms. The molecule has 0 bridgehead atoms. The summed E-state index contributed by atoms with van der Waals surface area (Å²) in [6.07, 6.45) is 6.40. The molecule has 1 aliphatic heterocycles. The quantitative estimate of drug-likeness (QED) is 0.823. The average molecular weight is 236 g/mol. The number of nitrogens with zero attached hydrogens (tertiary/aromatic N) is 3. The monoisotopic (exact) mass is 236 g/mol. The minimum atomic E-state index is 0.320. The third kappa shape index (κ3) is 2.50. The highest BCUT2D eigenvalue weighted by Gasteiger charge is 2.26. The van der Waals surface area contributed by atoms with E-state index in [4.69, 9.17) is 10.5 Å². The van der Waals surface area contributed by atoms with Gasteiger partial charge in [0.05, 0.1) is 24.0 Å². The normalized spacial score (nSPS) is 24.4. The van der Waals surface area contributed by atoms with Gasteiger partial charge < -0.3 is 10.5 Å². The molecule has 1 aromatic heterocycles. The van der Waals surface area contributed by atoms with Crippen molar-refractivity contribution >= 4 is 0 Å². The molecule has 3 rings (SSSR count). The van der Waals surface area contributed by atoms with E-state index in [0.29, 0.717) is 12.6 Å². The van der Waals surface area contributed by atoms with Crippen LogP contribution in [0.25, 0.3) is 0 Å². The summed E-state index contributed by atoms with van der Waals surface area (Å²) in [5, 5.41) is 8.43. The zero-order chi connectivity index (χ0) is 11.7. The first-order valence-electron chi connectivity index (χ1n) is 6.59. The summed E-state index contributed by atoms with van der Waals surface area (Å²) in [5.74, 6) is 0.835. The Balaban J connectivity index is 1.74. The Labute approximate surface area is 101 Å². The van der Waals surface area contributed by atoms with Crippen LogP contribution < -0.4 is 5.73 Å². The first kappa shape index (κ1) is 11.2. The van der Waals surface area contributed by atoms with E-state index in [9.17, 15) is 0 Å². The van der Waals surface area contributed by atoms with Gasteiger partial charge in [-0.05, 0) is 38.0 Å². The van der Waals surface area contributed by atoms with Crippen molar-refractivity contribution in [2.75, 3.05) is 6.61 Å². The minimum Gasteiger partial charge on any atom is -0.376 e. The van der Waals surface area contributed by atoms with E-state index < -0.39 is 0 Å². The Morgan fingerprint density at radius 1 is 1.35 bits per heavy atom. The van der Waals surface area contributed by atoms with Crippen LogP contribution in [-0.4, -0.2) is 27.7 Å². The molecule has 5 nitrogen and oxygen atoms in total. The predicted octanol–water partition coefficient (Wildman–Crippen LogP) is 0.868. The third-order valence-corrected chi connectivity index (χ3v) is 3.69. The van der Waals surface area contributed by atoms with Gasteiger partial charge in [-0.3, -0.25) is 0 Å². The Kier molecular flexibility index (Phi) is 3.11. The molecule has 1 aromatic rings. The summed E-state index contributed by atoms with van der Waals surface area (Å²) < 4.78 is 7.68. The molecule has 0 spiro atoms. The third-order valence-electron chi connectivity index (χ3n) is 3.69. The van der Waals surface area contributed by atoms with Crippen molar-refractivity contribution in [3.8, 4) is 0 Å². The zero-order valence-electron chi connectivity index (χ0n) is 10.1. The fourth-order valence-corrected chi connectivity index (χ4v) is 2.47. The Morgan fingerprint density at radius 3 is 2.88 bits per heavy atom.